The summed E-state index contributed by atoms with van der Waals surface area (Å²) in [7, 11) is 1.66. The molecule has 0 radical (unpaired) electrons. The van der Waals surface area contributed by atoms with Gasteiger partial charge in [0.15, 0.2) is 0 Å². The van der Waals surface area contributed by atoms with E-state index < -0.39 is 17.4 Å². The van der Waals surface area contributed by atoms with Crippen molar-refractivity contribution in [3.63, 3.8) is 0 Å². The third-order valence-electron chi connectivity index (χ3n) is 6.37. The number of amides is 2. The van der Waals surface area contributed by atoms with Gasteiger partial charge in [0.2, 0.25) is 0 Å². The van der Waals surface area contributed by atoms with Gasteiger partial charge in [-0.15, -0.1) is 0 Å². The Morgan fingerprint density at radius 1 is 1.17 bits per heavy atom. The van der Waals surface area contributed by atoms with Crippen molar-refractivity contribution in [2.45, 2.75) is 44.6 Å². The van der Waals surface area contributed by atoms with Crippen LogP contribution in [0.2, 0.25) is 0 Å². The van der Waals surface area contributed by atoms with Crippen molar-refractivity contribution < 1.29 is 24.2 Å². The van der Waals surface area contributed by atoms with Crippen LogP contribution in [0, 0.1) is 11.3 Å². The number of nitrogens with one attached hydrogen (secondary N) is 2. The number of urea groups is 1. The predicted octanol–water partition coefficient (Wildman–Crippen LogP) is 4.59. The van der Waals surface area contributed by atoms with Gasteiger partial charge < -0.3 is 30.1 Å². The van der Waals surface area contributed by atoms with Gasteiger partial charge in [0.1, 0.15) is 0 Å². The van der Waals surface area contributed by atoms with E-state index in [4.69, 9.17) is 14.7 Å². The van der Waals surface area contributed by atoms with Gasteiger partial charge in [-0.3, -0.25) is 4.79 Å². The molecule has 0 atom stereocenters. The maximum absolute atomic E-state index is 13.0. The van der Waals surface area contributed by atoms with Crippen molar-refractivity contribution in [3.05, 3.63) is 53.6 Å². The highest BCUT2D eigenvalue weighted by Crippen LogP contribution is 2.36. The monoisotopic (exact) mass is 494 g/mol. The van der Waals surface area contributed by atoms with Crippen LogP contribution < -0.4 is 15.5 Å². The molecule has 36 heavy (non-hydrogen) atoms. The van der Waals surface area contributed by atoms with Crippen molar-refractivity contribution in [2.75, 3.05) is 49.0 Å². The Bertz CT molecular complexity index is 1090. The van der Waals surface area contributed by atoms with Crippen LogP contribution >= 0.6 is 0 Å². The first-order chi connectivity index (χ1) is 17.2. The van der Waals surface area contributed by atoms with Gasteiger partial charge in [-0.2, -0.15) is 5.26 Å². The van der Waals surface area contributed by atoms with Crippen LogP contribution in [0.3, 0.4) is 0 Å². The summed E-state index contributed by atoms with van der Waals surface area (Å²) in [5.41, 5.74) is 2.64. The fourth-order valence-corrected chi connectivity index (χ4v) is 4.39. The number of hydrogen-bond donors (Lipinski definition) is 3. The molecule has 1 fully saturated rings. The highest BCUT2D eigenvalue weighted by atomic mass is 16.5. The first-order valence-corrected chi connectivity index (χ1v) is 12.0. The molecule has 2 aromatic carbocycles. The molecule has 1 heterocycles. The number of nitriles is 1. The number of rotatable bonds is 10. The Kier molecular flexibility index (Phi) is 9.28. The van der Waals surface area contributed by atoms with Crippen molar-refractivity contribution in [1.82, 2.24) is 0 Å². The smallest absolute Gasteiger partial charge is 0.323 e. The molecule has 2 aromatic rings. The highest BCUT2D eigenvalue weighted by molar-refractivity contribution is 6.02. The van der Waals surface area contributed by atoms with E-state index in [-0.39, 0.29) is 12.5 Å². The van der Waals surface area contributed by atoms with E-state index in [1.807, 2.05) is 32.0 Å². The van der Waals surface area contributed by atoms with Crippen LogP contribution in [0.1, 0.15) is 44.2 Å². The molecular weight excluding hydrogens is 460 g/mol. The van der Waals surface area contributed by atoms with Gasteiger partial charge in [0.25, 0.3) is 0 Å². The van der Waals surface area contributed by atoms with Crippen LogP contribution in [0.5, 0.6) is 0 Å². The minimum Gasteiger partial charge on any atom is -0.481 e. The van der Waals surface area contributed by atoms with Crippen LogP contribution in [-0.2, 0) is 19.7 Å². The first-order valence-electron chi connectivity index (χ1n) is 12.0. The van der Waals surface area contributed by atoms with Gasteiger partial charge >= 0.3 is 12.0 Å². The summed E-state index contributed by atoms with van der Waals surface area (Å²) < 4.78 is 10.9. The van der Waals surface area contributed by atoms with Crippen molar-refractivity contribution in [3.8, 4) is 6.07 Å². The van der Waals surface area contributed by atoms with E-state index in [0.717, 1.165) is 24.1 Å². The van der Waals surface area contributed by atoms with E-state index in [1.54, 1.807) is 31.4 Å². The number of hydrogen-bond acceptors (Lipinski definition) is 6. The van der Waals surface area contributed by atoms with Crippen molar-refractivity contribution in [2.24, 2.45) is 0 Å². The SMILES string of the molecule is COCCN(c1ccc(C(C)(C)CC(=O)O)cc1NC(=O)Nc1ccc(C#N)cc1)C1CCOCC1. The number of aliphatic carboxylic acids is 1. The molecule has 0 aliphatic carbocycles. The zero-order valence-electron chi connectivity index (χ0n) is 21.0. The Morgan fingerprint density at radius 2 is 1.86 bits per heavy atom. The number of carboxylic acid groups (broad SMARTS) is 1. The quantitative estimate of drug-likeness (QED) is 0.441. The Morgan fingerprint density at radius 3 is 2.47 bits per heavy atom. The molecule has 0 bridgehead atoms. The minimum atomic E-state index is -0.888. The fraction of sp³-hybridized carbons (Fsp3) is 0.444. The van der Waals surface area contributed by atoms with E-state index in [0.29, 0.717) is 43.3 Å². The molecule has 0 aromatic heterocycles. The number of carbonyl (C=O) groups is 2. The standard InChI is InChI=1S/C27H34N4O5/c1-27(2,17-25(32)33)20-6-9-24(31(12-15-35-3)22-10-13-36-14-11-22)23(16-20)30-26(34)29-21-7-4-19(18-28)5-8-21/h4-9,16,22H,10-15,17H2,1-3H3,(H,32,33)(H2,29,30,34). The molecule has 1 aliphatic rings. The maximum Gasteiger partial charge on any atom is 0.323 e. The number of anilines is 3. The van der Waals surface area contributed by atoms with E-state index in [1.165, 1.54) is 0 Å². The molecule has 2 amide bonds. The van der Waals surface area contributed by atoms with Crippen molar-refractivity contribution in [1.29, 1.82) is 5.26 Å². The molecule has 3 rings (SSSR count). The van der Waals surface area contributed by atoms with E-state index in [9.17, 15) is 14.7 Å². The summed E-state index contributed by atoms with van der Waals surface area (Å²) in [4.78, 5) is 26.7. The molecule has 3 N–H and O–H groups in total. The molecule has 0 spiro atoms. The average molecular weight is 495 g/mol. The highest BCUT2D eigenvalue weighted by Gasteiger charge is 2.28. The summed E-state index contributed by atoms with van der Waals surface area (Å²) >= 11 is 0. The van der Waals surface area contributed by atoms with Crippen LogP contribution in [0.25, 0.3) is 0 Å². The molecule has 1 aliphatic heterocycles. The van der Waals surface area contributed by atoms with E-state index >= 15 is 0 Å². The molecule has 9 nitrogen and oxygen atoms in total. The lowest BCUT2D eigenvalue weighted by atomic mass is 9.81. The topological polar surface area (TPSA) is 124 Å². The van der Waals surface area contributed by atoms with Gasteiger partial charge in [-0.25, -0.2) is 4.79 Å². The number of carboxylic acids is 1. The normalized spacial score (nSPS) is 14.1. The lowest BCUT2D eigenvalue weighted by molar-refractivity contribution is -0.138. The average Bonchev–Trinajstić information content (AvgIpc) is 2.85. The summed E-state index contributed by atoms with van der Waals surface area (Å²) in [6.45, 7) is 6.22. The summed E-state index contributed by atoms with van der Waals surface area (Å²) in [6, 6.07) is 14.2. The Hall–Kier alpha value is -3.61. The second-order valence-corrected chi connectivity index (χ2v) is 9.48. The third kappa shape index (κ3) is 7.20. The molecule has 1 saturated heterocycles. The molecule has 0 saturated carbocycles. The predicted molar refractivity (Wildman–Crippen MR) is 139 cm³/mol. The molecule has 9 heteroatoms. The van der Waals surface area contributed by atoms with Crippen LogP contribution in [-0.4, -0.2) is 56.6 Å². The van der Waals surface area contributed by atoms with Gasteiger partial charge in [-0.05, 0) is 54.8 Å². The zero-order valence-corrected chi connectivity index (χ0v) is 21.0. The van der Waals surface area contributed by atoms with Gasteiger partial charge in [0, 0.05) is 44.0 Å². The fourth-order valence-electron chi connectivity index (χ4n) is 4.39. The second kappa shape index (κ2) is 12.4. The largest absolute Gasteiger partial charge is 0.481 e. The number of nitrogens with zero attached hydrogens (tertiary/aromatic N) is 2. The Labute approximate surface area is 212 Å². The van der Waals surface area contributed by atoms with E-state index in [2.05, 4.69) is 21.6 Å². The minimum absolute atomic E-state index is 0.0451. The Balaban J connectivity index is 1.95. The third-order valence-corrected chi connectivity index (χ3v) is 6.37. The lowest BCUT2D eigenvalue weighted by Crippen LogP contribution is -2.42. The maximum atomic E-state index is 13.0. The zero-order chi connectivity index (χ0) is 26.1. The molecular formula is C27H34N4O5. The number of carbonyl (C=O) groups excluding carboxylic acids is 1. The first kappa shape index (κ1) is 27.0. The van der Waals surface area contributed by atoms with Gasteiger partial charge in [0.05, 0.1) is 36.0 Å². The van der Waals surface area contributed by atoms with Crippen molar-refractivity contribution >= 4 is 29.1 Å². The second-order valence-electron chi connectivity index (χ2n) is 9.48. The van der Waals surface area contributed by atoms with Gasteiger partial charge in [-0.1, -0.05) is 19.9 Å². The summed E-state index contributed by atoms with van der Waals surface area (Å²) in [5, 5.41) is 24.2. The molecule has 192 valence electrons. The summed E-state index contributed by atoms with van der Waals surface area (Å²) in [6.07, 6.45) is 1.66. The van der Waals surface area contributed by atoms with Crippen LogP contribution in [0.15, 0.2) is 42.5 Å². The van der Waals surface area contributed by atoms with Crippen LogP contribution in [0.4, 0.5) is 21.9 Å². The number of ether oxygens (including phenoxy) is 2. The lowest BCUT2D eigenvalue weighted by Gasteiger charge is -2.37. The number of methoxy groups -OCH3 is 1. The summed E-state index contributed by atoms with van der Waals surface area (Å²) in [5.74, 6) is -0.888. The number of benzene rings is 2. The molecule has 0 unspecified atom stereocenters.